The number of nitrogens with zero attached hydrogens (tertiary/aromatic N) is 2. The Hall–Kier alpha value is -2.28. The predicted molar refractivity (Wildman–Crippen MR) is 102 cm³/mol. The third kappa shape index (κ3) is 4.71. The van der Waals surface area contributed by atoms with Gasteiger partial charge in [0.1, 0.15) is 12.4 Å². The van der Waals surface area contributed by atoms with Crippen LogP contribution in [0.15, 0.2) is 18.2 Å². The van der Waals surface area contributed by atoms with E-state index in [4.69, 9.17) is 9.84 Å². The largest absolute Gasteiger partial charge is 0.491 e. The summed E-state index contributed by atoms with van der Waals surface area (Å²) in [7, 11) is 0. The van der Waals surface area contributed by atoms with E-state index in [1.807, 2.05) is 28.9 Å². The van der Waals surface area contributed by atoms with Crippen LogP contribution in [0.3, 0.4) is 0 Å². The Balaban J connectivity index is 1.50. The summed E-state index contributed by atoms with van der Waals surface area (Å²) in [6.45, 7) is 6.60. The van der Waals surface area contributed by atoms with E-state index in [9.17, 15) is 9.59 Å². The fourth-order valence-corrected chi connectivity index (χ4v) is 4.03. The van der Waals surface area contributed by atoms with E-state index in [1.54, 1.807) is 0 Å². The number of aryl methyl sites for hydroxylation is 1. The number of carbonyl (C=O) groups is 2. The van der Waals surface area contributed by atoms with Gasteiger partial charge in [-0.1, -0.05) is 19.1 Å². The van der Waals surface area contributed by atoms with Crippen LogP contribution in [0.1, 0.15) is 30.9 Å². The molecule has 1 aromatic carbocycles. The summed E-state index contributed by atoms with van der Waals surface area (Å²) in [4.78, 5) is 27.4. The Morgan fingerprint density at radius 1 is 1.33 bits per heavy atom. The molecule has 1 unspecified atom stereocenters. The van der Waals surface area contributed by atoms with Crippen molar-refractivity contribution >= 4 is 12.0 Å². The average molecular weight is 375 g/mol. The molecule has 0 aromatic heterocycles. The molecule has 27 heavy (non-hydrogen) atoms. The van der Waals surface area contributed by atoms with Crippen LogP contribution in [0, 0.1) is 6.92 Å². The summed E-state index contributed by atoms with van der Waals surface area (Å²) in [5, 5.41) is 12.1. The first-order chi connectivity index (χ1) is 13.0. The number of ether oxygens (including phenoxy) is 1. The highest BCUT2D eigenvalue weighted by molar-refractivity contribution is 5.74. The van der Waals surface area contributed by atoms with Crippen molar-refractivity contribution in [3.05, 3.63) is 29.3 Å². The number of likely N-dealkylation sites (N-methyl/N-ethyl adjacent to an activating group) is 1. The second-order valence-electron chi connectivity index (χ2n) is 7.39. The van der Waals surface area contributed by atoms with E-state index in [1.165, 1.54) is 11.1 Å². The molecule has 3 rings (SSSR count). The number of urea groups is 1. The molecule has 2 aliphatic rings. The maximum Gasteiger partial charge on any atom is 0.317 e. The van der Waals surface area contributed by atoms with Gasteiger partial charge in [0.15, 0.2) is 0 Å². The molecule has 7 nitrogen and oxygen atoms in total. The minimum absolute atomic E-state index is 0.0250. The number of nitrogens with one attached hydrogen (secondary N) is 1. The minimum Gasteiger partial charge on any atom is -0.491 e. The van der Waals surface area contributed by atoms with Crippen molar-refractivity contribution in [3.8, 4) is 5.75 Å². The number of carbonyl (C=O) groups excluding carboxylic acids is 1. The van der Waals surface area contributed by atoms with Gasteiger partial charge >= 0.3 is 12.0 Å². The molecule has 0 aliphatic carbocycles. The number of aliphatic carboxylic acids is 1. The quantitative estimate of drug-likeness (QED) is 0.821. The fraction of sp³-hybridized carbons (Fsp3) is 0.600. The van der Waals surface area contributed by atoms with Gasteiger partial charge in [-0.25, -0.2) is 4.79 Å². The molecule has 2 aliphatic heterocycles. The summed E-state index contributed by atoms with van der Waals surface area (Å²) in [5.74, 6) is 0.115. The van der Waals surface area contributed by atoms with Crippen molar-refractivity contribution < 1.29 is 19.4 Å². The first-order valence-electron chi connectivity index (χ1n) is 9.70. The molecule has 7 heteroatoms. The molecular formula is C20H29N3O4. The highest BCUT2D eigenvalue weighted by Crippen LogP contribution is 2.27. The molecule has 0 spiro atoms. The Labute approximate surface area is 160 Å². The molecule has 148 valence electrons. The highest BCUT2D eigenvalue weighted by Gasteiger charge is 2.29. The molecule has 2 N–H and O–H groups in total. The Morgan fingerprint density at radius 3 is 2.74 bits per heavy atom. The second-order valence-corrected chi connectivity index (χ2v) is 7.39. The Morgan fingerprint density at radius 2 is 2.07 bits per heavy atom. The topological polar surface area (TPSA) is 82.1 Å². The summed E-state index contributed by atoms with van der Waals surface area (Å²) in [6, 6.07) is 6.17. The van der Waals surface area contributed by atoms with Crippen LogP contribution in [-0.4, -0.2) is 71.8 Å². The molecule has 0 saturated carbocycles. The van der Waals surface area contributed by atoms with Crippen LogP contribution in [-0.2, 0) is 11.2 Å². The zero-order valence-electron chi connectivity index (χ0n) is 16.1. The van der Waals surface area contributed by atoms with Gasteiger partial charge in [-0.05, 0) is 49.9 Å². The van der Waals surface area contributed by atoms with Crippen LogP contribution in [0.5, 0.6) is 5.75 Å². The molecule has 1 fully saturated rings. The van der Waals surface area contributed by atoms with Crippen LogP contribution in [0.4, 0.5) is 4.79 Å². The molecule has 2 amide bonds. The molecule has 1 saturated heterocycles. The Bertz CT molecular complexity index is 686. The van der Waals surface area contributed by atoms with Crippen molar-refractivity contribution in [3.63, 3.8) is 0 Å². The lowest BCUT2D eigenvalue weighted by Crippen LogP contribution is -2.53. The number of carboxylic acids is 1. The summed E-state index contributed by atoms with van der Waals surface area (Å²) in [6.07, 6.45) is 2.39. The first kappa shape index (κ1) is 19.5. The maximum atomic E-state index is 12.6. The second kappa shape index (κ2) is 8.61. The van der Waals surface area contributed by atoms with Crippen LogP contribution >= 0.6 is 0 Å². The van der Waals surface area contributed by atoms with Gasteiger partial charge in [0.25, 0.3) is 0 Å². The normalized spacial score (nSPS) is 20.1. The number of hydrogen-bond donors (Lipinski definition) is 2. The zero-order chi connectivity index (χ0) is 19.4. The van der Waals surface area contributed by atoms with Gasteiger partial charge in [0.05, 0.1) is 12.6 Å². The lowest BCUT2D eigenvalue weighted by Gasteiger charge is -2.38. The number of piperidine rings is 1. The number of hydrogen-bond acceptors (Lipinski definition) is 4. The summed E-state index contributed by atoms with van der Waals surface area (Å²) in [5.41, 5.74) is 2.35. The first-order valence-corrected chi connectivity index (χ1v) is 9.70. The van der Waals surface area contributed by atoms with Gasteiger partial charge in [0, 0.05) is 19.1 Å². The van der Waals surface area contributed by atoms with Crippen LogP contribution in [0.25, 0.3) is 0 Å². The van der Waals surface area contributed by atoms with Gasteiger partial charge in [-0.3, -0.25) is 9.69 Å². The van der Waals surface area contributed by atoms with Crippen LogP contribution < -0.4 is 10.1 Å². The number of carboxylic acid groups (broad SMARTS) is 1. The monoisotopic (exact) mass is 375 g/mol. The van der Waals surface area contributed by atoms with Crippen molar-refractivity contribution in [1.82, 2.24) is 15.1 Å². The van der Waals surface area contributed by atoms with Gasteiger partial charge in [-0.15, -0.1) is 0 Å². The van der Waals surface area contributed by atoms with Crippen molar-refractivity contribution in [2.75, 3.05) is 32.8 Å². The number of fused-ring (bicyclic) bond motifs is 1. The van der Waals surface area contributed by atoms with Gasteiger partial charge in [0.2, 0.25) is 0 Å². The van der Waals surface area contributed by atoms with E-state index in [0.717, 1.165) is 25.0 Å². The number of rotatable bonds is 5. The Kier molecular flexibility index (Phi) is 6.21. The van der Waals surface area contributed by atoms with E-state index in [-0.39, 0.29) is 24.7 Å². The summed E-state index contributed by atoms with van der Waals surface area (Å²) < 4.78 is 5.81. The average Bonchev–Trinajstić information content (AvgIpc) is 2.67. The molecule has 1 aromatic rings. The number of amides is 2. The van der Waals surface area contributed by atoms with E-state index in [0.29, 0.717) is 26.2 Å². The molecule has 0 radical (unpaired) electrons. The van der Waals surface area contributed by atoms with E-state index in [2.05, 4.69) is 18.3 Å². The molecule has 1 atom stereocenters. The molecule has 2 heterocycles. The fourth-order valence-electron chi connectivity index (χ4n) is 4.03. The minimum atomic E-state index is -0.801. The lowest BCUT2D eigenvalue weighted by atomic mass is 9.98. The van der Waals surface area contributed by atoms with Crippen molar-refractivity contribution in [2.24, 2.45) is 0 Å². The molecular weight excluding hydrogens is 346 g/mol. The van der Waals surface area contributed by atoms with Crippen LogP contribution in [0.2, 0.25) is 0 Å². The standard InChI is InChI=1S/C20H29N3O4/c1-3-22(12-19(24)25)16-7-9-23(10-8-16)20(26)21-15-11-17-14(2)5-4-6-18(17)27-13-15/h4-6,15-16H,3,7-13H2,1-2H3,(H,21,26)(H,24,25). The van der Waals surface area contributed by atoms with E-state index < -0.39 is 5.97 Å². The van der Waals surface area contributed by atoms with Crippen molar-refractivity contribution in [2.45, 2.75) is 45.2 Å². The van der Waals surface area contributed by atoms with Gasteiger partial charge < -0.3 is 20.1 Å². The number of benzene rings is 1. The lowest BCUT2D eigenvalue weighted by molar-refractivity contribution is -0.139. The zero-order valence-corrected chi connectivity index (χ0v) is 16.1. The van der Waals surface area contributed by atoms with Gasteiger partial charge in [-0.2, -0.15) is 0 Å². The smallest absolute Gasteiger partial charge is 0.317 e. The third-order valence-electron chi connectivity index (χ3n) is 5.60. The number of likely N-dealkylation sites (tertiary alicyclic amines) is 1. The third-order valence-corrected chi connectivity index (χ3v) is 5.60. The maximum absolute atomic E-state index is 12.6. The van der Waals surface area contributed by atoms with Crippen molar-refractivity contribution in [1.29, 1.82) is 0 Å². The predicted octanol–water partition coefficient (Wildman–Crippen LogP) is 1.88. The molecule has 0 bridgehead atoms. The van der Waals surface area contributed by atoms with E-state index >= 15 is 0 Å². The SMILES string of the molecule is CCN(CC(=O)O)C1CCN(C(=O)NC2COc3cccc(C)c3C2)CC1. The summed E-state index contributed by atoms with van der Waals surface area (Å²) >= 11 is 0. The highest BCUT2D eigenvalue weighted by atomic mass is 16.5.